The predicted molar refractivity (Wildman–Crippen MR) is 116 cm³/mol. The van der Waals surface area contributed by atoms with Crippen molar-refractivity contribution >= 4 is 11.8 Å². The number of aliphatic hydroxyl groups excluding tert-OH is 1. The summed E-state index contributed by atoms with van der Waals surface area (Å²) < 4.78 is 14.1. The molecule has 162 valence electrons. The van der Waals surface area contributed by atoms with Gasteiger partial charge in [0.15, 0.2) is 0 Å². The van der Waals surface area contributed by atoms with Crippen LogP contribution in [0.3, 0.4) is 0 Å². The van der Waals surface area contributed by atoms with Crippen LogP contribution in [-0.4, -0.2) is 63.5 Å². The van der Waals surface area contributed by atoms with Crippen molar-refractivity contribution < 1.29 is 19.1 Å². The van der Waals surface area contributed by atoms with E-state index < -0.39 is 0 Å². The van der Waals surface area contributed by atoms with Crippen LogP contribution in [0.2, 0.25) is 0 Å². The SMILES string of the molecule is O=C(c1cccnc1)N1CC(=O)N2[C@H](CO)[C@H](c3ccc(-c4ccccc4F)cc3)[C@H]2C1. The zero-order valence-corrected chi connectivity index (χ0v) is 17.3. The molecule has 6 nitrogen and oxygen atoms in total. The van der Waals surface area contributed by atoms with E-state index >= 15 is 0 Å². The number of amides is 2. The molecule has 3 heterocycles. The molecule has 0 spiro atoms. The molecule has 2 fully saturated rings. The number of halogens is 1. The average Bonchev–Trinajstić information content (AvgIpc) is 2.81. The standard InChI is InChI=1S/C25H22FN3O3/c26-20-6-2-1-5-19(20)16-7-9-17(10-8-16)24-21-13-28(14-23(31)29(21)22(24)15-30)25(32)18-4-3-11-27-12-18/h1-12,21-22,24,30H,13-15H2/t21-,22-,24-/m1/s1. The van der Waals surface area contributed by atoms with E-state index in [2.05, 4.69) is 4.98 Å². The number of nitrogens with zero attached hydrogens (tertiary/aromatic N) is 3. The summed E-state index contributed by atoms with van der Waals surface area (Å²) in [7, 11) is 0. The number of aromatic nitrogens is 1. The summed E-state index contributed by atoms with van der Waals surface area (Å²) in [5.74, 6) is -0.794. The maximum Gasteiger partial charge on any atom is 0.255 e. The first kappa shape index (κ1) is 20.3. The Hall–Kier alpha value is -3.58. The van der Waals surface area contributed by atoms with Gasteiger partial charge in [-0.1, -0.05) is 42.5 Å². The van der Waals surface area contributed by atoms with Crippen LogP contribution >= 0.6 is 0 Å². The smallest absolute Gasteiger partial charge is 0.255 e. The second-order valence-corrected chi connectivity index (χ2v) is 8.17. The molecule has 0 radical (unpaired) electrons. The van der Waals surface area contributed by atoms with Gasteiger partial charge in [-0.2, -0.15) is 0 Å². The van der Waals surface area contributed by atoms with Gasteiger partial charge in [-0.05, 0) is 29.3 Å². The molecule has 7 heteroatoms. The first-order chi connectivity index (χ1) is 15.6. The summed E-state index contributed by atoms with van der Waals surface area (Å²) >= 11 is 0. The van der Waals surface area contributed by atoms with E-state index in [-0.39, 0.29) is 48.8 Å². The molecule has 2 amide bonds. The summed E-state index contributed by atoms with van der Waals surface area (Å²) in [6.07, 6.45) is 3.09. The minimum Gasteiger partial charge on any atom is -0.394 e. The highest BCUT2D eigenvalue weighted by Crippen LogP contribution is 2.43. The number of benzene rings is 2. The van der Waals surface area contributed by atoms with Gasteiger partial charge >= 0.3 is 0 Å². The fraction of sp³-hybridized carbons (Fsp3) is 0.240. The molecule has 0 aliphatic carbocycles. The zero-order chi connectivity index (χ0) is 22.2. The van der Waals surface area contributed by atoms with Crippen LogP contribution in [0, 0.1) is 5.82 Å². The molecule has 2 aromatic carbocycles. The van der Waals surface area contributed by atoms with Crippen molar-refractivity contribution in [3.8, 4) is 11.1 Å². The Morgan fingerprint density at radius 1 is 1.09 bits per heavy atom. The monoisotopic (exact) mass is 431 g/mol. The van der Waals surface area contributed by atoms with E-state index in [0.29, 0.717) is 17.7 Å². The molecular formula is C25H22FN3O3. The van der Waals surface area contributed by atoms with Gasteiger partial charge in [0.25, 0.3) is 5.91 Å². The number of pyridine rings is 1. The summed E-state index contributed by atoms with van der Waals surface area (Å²) in [6, 6.07) is 17.0. The molecular weight excluding hydrogens is 409 g/mol. The van der Waals surface area contributed by atoms with Gasteiger partial charge in [0.2, 0.25) is 5.91 Å². The largest absolute Gasteiger partial charge is 0.394 e. The van der Waals surface area contributed by atoms with Crippen LogP contribution in [-0.2, 0) is 4.79 Å². The number of hydrogen-bond acceptors (Lipinski definition) is 4. The van der Waals surface area contributed by atoms with Crippen LogP contribution in [0.15, 0.2) is 73.1 Å². The van der Waals surface area contributed by atoms with Crippen molar-refractivity contribution in [1.29, 1.82) is 0 Å². The lowest BCUT2D eigenvalue weighted by Gasteiger charge is -2.58. The lowest BCUT2D eigenvalue weighted by molar-refractivity contribution is -0.159. The maximum atomic E-state index is 14.1. The van der Waals surface area contributed by atoms with E-state index in [1.807, 2.05) is 24.3 Å². The minimum absolute atomic E-state index is 0.0142. The minimum atomic E-state index is -0.331. The van der Waals surface area contributed by atoms with Crippen LogP contribution < -0.4 is 0 Å². The fourth-order valence-electron chi connectivity index (χ4n) is 4.91. The van der Waals surface area contributed by atoms with Crippen LogP contribution in [0.5, 0.6) is 0 Å². The van der Waals surface area contributed by atoms with Gasteiger partial charge in [-0.25, -0.2) is 4.39 Å². The third-order valence-electron chi connectivity index (χ3n) is 6.43. The van der Waals surface area contributed by atoms with Crippen molar-refractivity contribution in [2.45, 2.75) is 18.0 Å². The number of fused-ring (bicyclic) bond motifs is 1. The van der Waals surface area contributed by atoms with Crippen LogP contribution in [0.4, 0.5) is 4.39 Å². The second kappa shape index (κ2) is 8.16. The topological polar surface area (TPSA) is 73.7 Å². The first-order valence-corrected chi connectivity index (χ1v) is 10.5. The number of rotatable bonds is 4. The summed E-state index contributed by atoms with van der Waals surface area (Å²) in [6.45, 7) is 0.216. The van der Waals surface area contributed by atoms with Gasteiger partial charge in [-0.3, -0.25) is 14.6 Å². The summed E-state index contributed by atoms with van der Waals surface area (Å²) in [4.78, 5) is 32.9. The number of carbonyl (C=O) groups is 2. The summed E-state index contributed by atoms with van der Waals surface area (Å²) in [5.41, 5.74) is 2.68. The molecule has 2 aliphatic heterocycles. The second-order valence-electron chi connectivity index (χ2n) is 8.17. The van der Waals surface area contributed by atoms with Gasteiger partial charge < -0.3 is 14.9 Å². The lowest BCUT2D eigenvalue weighted by atomic mass is 9.73. The number of hydrogen-bond donors (Lipinski definition) is 1. The predicted octanol–water partition coefficient (Wildman–Crippen LogP) is 2.70. The van der Waals surface area contributed by atoms with Crippen LogP contribution in [0.25, 0.3) is 11.1 Å². The highest BCUT2D eigenvalue weighted by atomic mass is 19.1. The van der Waals surface area contributed by atoms with Crippen molar-refractivity contribution in [2.75, 3.05) is 19.7 Å². The number of piperazine rings is 1. The third-order valence-corrected chi connectivity index (χ3v) is 6.43. The van der Waals surface area contributed by atoms with E-state index in [9.17, 15) is 19.1 Å². The molecule has 32 heavy (non-hydrogen) atoms. The zero-order valence-electron chi connectivity index (χ0n) is 17.3. The molecule has 1 N–H and O–H groups in total. The Labute approximate surface area is 184 Å². The molecule has 0 bridgehead atoms. The van der Waals surface area contributed by atoms with Crippen molar-refractivity contribution in [3.63, 3.8) is 0 Å². The Bertz CT molecular complexity index is 1150. The Kier molecular flexibility index (Phi) is 5.19. The molecule has 1 aromatic heterocycles. The fourth-order valence-corrected chi connectivity index (χ4v) is 4.91. The highest BCUT2D eigenvalue weighted by Gasteiger charge is 2.54. The average molecular weight is 431 g/mol. The molecule has 2 aliphatic rings. The Morgan fingerprint density at radius 2 is 1.88 bits per heavy atom. The molecule has 0 saturated carbocycles. The molecule has 3 aromatic rings. The van der Waals surface area contributed by atoms with E-state index in [4.69, 9.17) is 0 Å². The highest BCUT2D eigenvalue weighted by molar-refractivity contribution is 5.97. The number of aliphatic hydroxyl groups is 1. The van der Waals surface area contributed by atoms with E-state index in [1.54, 1.807) is 46.3 Å². The third kappa shape index (κ3) is 3.35. The Balaban J connectivity index is 1.40. The maximum absolute atomic E-state index is 14.1. The lowest BCUT2D eigenvalue weighted by Crippen LogP contribution is -2.73. The van der Waals surface area contributed by atoms with Gasteiger partial charge in [0, 0.05) is 30.4 Å². The number of carbonyl (C=O) groups excluding carboxylic acids is 2. The molecule has 5 rings (SSSR count). The van der Waals surface area contributed by atoms with Gasteiger partial charge in [0.1, 0.15) is 12.4 Å². The first-order valence-electron chi connectivity index (χ1n) is 10.5. The van der Waals surface area contributed by atoms with Crippen molar-refractivity contribution in [3.05, 3.63) is 90.0 Å². The van der Waals surface area contributed by atoms with Gasteiger partial charge in [0.05, 0.1) is 24.3 Å². The van der Waals surface area contributed by atoms with Crippen LogP contribution in [0.1, 0.15) is 21.8 Å². The van der Waals surface area contributed by atoms with E-state index in [0.717, 1.165) is 11.1 Å². The van der Waals surface area contributed by atoms with Crippen molar-refractivity contribution in [2.24, 2.45) is 0 Å². The molecule has 0 unspecified atom stereocenters. The van der Waals surface area contributed by atoms with Gasteiger partial charge in [-0.15, -0.1) is 0 Å². The normalized spacial score (nSPS) is 22.3. The summed E-state index contributed by atoms with van der Waals surface area (Å²) in [5, 5.41) is 9.96. The molecule has 2 saturated heterocycles. The quantitative estimate of drug-likeness (QED) is 0.690. The van der Waals surface area contributed by atoms with E-state index in [1.165, 1.54) is 12.3 Å². The molecule has 3 atom stereocenters. The Morgan fingerprint density at radius 3 is 2.56 bits per heavy atom. The van der Waals surface area contributed by atoms with Crippen molar-refractivity contribution in [1.82, 2.24) is 14.8 Å².